The summed E-state index contributed by atoms with van der Waals surface area (Å²) in [6.45, 7) is 5.23. The van der Waals surface area contributed by atoms with Crippen LogP contribution in [0.15, 0.2) is 40.8 Å². The van der Waals surface area contributed by atoms with Crippen LogP contribution in [0.5, 0.6) is 0 Å². The van der Waals surface area contributed by atoms with Crippen molar-refractivity contribution in [1.82, 2.24) is 14.8 Å². The molecule has 4 rings (SSSR count). The zero-order valence-electron chi connectivity index (χ0n) is 18.6. The van der Waals surface area contributed by atoms with Gasteiger partial charge in [0.05, 0.1) is 23.5 Å². The van der Waals surface area contributed by atoms with E-state index in [2.05, 4.69) is 10.3 Å². The number of aryl methyl sites for hydroxylation is 2. The lowest BCUT2D eigenvalue weighted by molar-refractivity contribution is -0.137. The smallest absolute Gasteiger partial charge is 0.418 e. The van der Waals surface area contributed by atoms with E-state index in [1.165, 1.54) is 29.5 Å². The Morgan fingerprint density at radius 2 is 1.79 bits per heavy atom. The molecule has 34 heavy (non-hydrogen) atoms. The lowest BCUT2D eigenvalue weighted by atomic mass is 10.1. The molecule has 0 saturated carbocycles. The average molecular weight is 493 g/mol. The number of furan rings is 1. The minimum Gasteiger partial charge on any atom is -0.459 e. The number of nitrogens with one attached hydrogen (secondary N) is 1. The second kappa shape index (κ2) is 9.59. The fourth-order valence-corrected chi connectivity index (χ4v) is 4.73. The average Bonchev–Trinajstić information content (AvgIpc) is 3.39. The Hall–Kier alpha value is -3.18. The molecule has 11 heteroatoms. The summed E-state index contributed by atoms with van der Waals surface area (Å²) in [4.78, 5) is 33.9. The molecule has 2 aromatic heterocycles. The Morgan fingerprint density at radius 1 is 1.09 bits per heavy atom. The Labute approximate surface area is 198 Å². The van der Waals surface area contributed by atoms with Crippen LogP contribution in [0.25, 0.3) is 10.8 Å². The van der Waals surface area contributed by atoms with Crippen molar-refractivity contribution in [2.24, 2.45) is 0 Å². The van der Waals surface area contributed by atoms with Crippen LogP contribution in [-0.2, 0) is 11.0 Å². The van der Waals surface area contributed by atoms with E-state index in [1.54, 1.807) is 11.8 Å². The number of amides is 2. The highest BCUT2D eigenvalue weighted by molar-refractivity contribution is 7.17. The molecule has 2 amide bonds. The van der Waals surface area contributed by atoms with Gasteiger partial charge in [0.15, 0.2) is 10.8 Å². The second-order valence-corrected chi connectivity index (χ2v) is 9.00. The summed E-state index contributed by atoms with van der Waals surface area (Å²) in [5.74, 6) is 0.714. The molecular weight excluding hydrogens is 469 g/mol. The molecular formula is C23H23F3N4O3S. The molecule has 3 heterocycles. The molecule has 1 aromatic carbocycles. The van der Waals surface area contributed by atoms with E-state index in [0.29, 0.717) is 47.5 Å². The summed E-state index contributed by atoms with van der Waals surface area (Å²) < 4.78 is 45.0. The van der Waals surface area contributed by atoms with Crippen molar-refractivity contribution in [1.29, 1.82) is 0 Å². The first-order valence-corrected chi connectivity index (χ1v) is 11.5. The first-order valence-electron chi connectivity index (χ1n) is 10.6. The summed E-state index contributed by atoms with van der Waals surface area (Å²) in [6.07, 6.45) is -4.56. The molecule has 0 atom stereocenters. The van der Waals surface area contributed by atoms with Gasteiger partial charge in [0.2, 0.25) is 5.91 Å². The quantitative estimate of drug-likeness (QED) is 0.570. The summed E-state index contributed by atoms with van der Waals surface area (Å²) >= 11 is 1.28. The molecule has 1 aliphatic rings. The van der Waals surface area contributed by atoms with Crippen LogP contribution in [0.2, 0.25) is 0 Å². The number of hydrogen-bond acceptors (Lipinski definition) is 6. The van der Waals surface area contributed by atoms with Crippen molar-refractivity contribution in [3.05, 3.63) is 58.3 Å². The maximum atomic E-state index is 13.1. The predicted molar refractivity (Wildman–Crippen MR) is 122 cm³/mol. The SMILES string of the molecule is Cc1ccc(-c2nc(C)c(C(=O)N3CCN(CC(=O)Nc4ccccc4C(F)(F)F)CC3)s2)o1. The van der Waals surface area contributed by atoms with Gasteiger partial charge in [-0.15, -0.1) is 11.3 Å². The molecule has 1 N–H and O–H groups in total. The van der Waals surface area contributed by atoms with Gasteiger partial charge in [-0.2, -0.15) is 13.2 Å². The highest BCUT2D eigenvalue weighted by Gasteiger charge is 2.34. The van der Waals surface area contributed by atoms with E-state index < -0.39 is 17.6 Å². The molecule has 1 aliphatic heterocycles. The van der Waals surface area contributed by atoms with Gasteiger partial charge >= 0.3 is 6.18 Å². The van der Waals surface area contributed by atoms with Crippen LogP contribution in [0.3, 0.4) is 0 Å². The molecule has 180 valence electrons. The van der Waals surface area contributed by atoms with E-state index in [1.807, 2.05) is 24.0 Å². The Balaban J connectivity index is 1.33. The van der Waals surface area contributed by atoms with Gasteiger partial charge in [-0.05, 0) is 38.1 Å². The minimum absolute atomic E-state index is 0.0597. The van der Waals surface area contributed by atoms with E-state index >= 15 is 0 Å². The van der Waals surface area contributed by atoms with Crippen molar-refractivity contribution in [3.8, 4) is 10.8 Å². The molecule has 1 fully saturated rings. The zero-order chi connectivity index (χ0) is 24.5. The standard InChI is InChI=1S/C23H23F3N4O3S/c1-14-7-8-18(33-14)21-27-15(2)20(34-21)22(32)30-11-9-29(10-12-30)13-19(31)28-17-6-4-3-5-16(17)23(24,25)26/h3-8H,9-13H2,1-2H3,(H,28,31). The lowest BCUT2D eigenvalue weighted by Crippen LogP contribution is -2.50. The molecule has 0 radical (unpaired) electrons. The fraction of sp³-hybridized carbons (Fsp3) is 0.348. The van der Waals surface area contributed by atoms with Gasteiger partial charge in [-0.3, -0.25) is 14.5 Å². The number of thiazole rings is 1. The number of piperazine rings is 1. The third kappa shape index (κ3) is 5.31. The molecule has 0 unspecified atom stereocenters. The van der Waals surface area contributed by atoms with Gasteiger partial charge in [0.1, 0.15) is 10.6 Å². The third-order valence-electron chi connectivity index (χ3n) is 5.48. The Kier molecular flexibility index (Phi) is 6.76. The summed E-state index contributed by atoms with van der Waals surface area (Å²) in [7, 11) is 0. The molecule has 0 aliphatic carbocycles. The first-order chi connectivity index (χ1) is 16.1. The van der Waals surface area contributed by atoms with Crippen molar-refractivity contribution >= 4 is 28.8 Å². The van der Waals surface area contributed by atoms with Gasteiger partial charge in [0, 0.05) is 26.2 Å². The number of alkyl halides is 3. The number of anilines is 1. The van der Waals surface area contributed by atoms with Crippen LogP contribution in [0, 0.1) is 13.8 Å². The summed E-state index contributed by atoms with van der Waals surface area (Å²) in [5, 5.41) is 3.00. The largest absolute Gasteiger partial charge is 0.459 e. The minimum atomic E-state index is -4.56. The van der Waals surface area contributed by atoms with Crippen molar-refractivity contribution in [2.75, 3.05) is 38.0 Å². The maximum Gasteiger partial charge on any atom is 0.418 e. The van der Waals surface area contributed by atoms with Crippen molar-refractivity contribution in [2.45, 2.75) is 20.0 Å². The Bertz CT molecular complexity index is 1200. The van der Waals surface area contributed by atoms with E-state index in [-0.39, 0.29) is 18.1 Å². The number of hydrogen-bond donors (Lipinski definition) is 1. The van der Waals surface area contributed by atoms with Crippen LogP contribution in [0.4, 0.5) is 18.9 Å². The molecule has 3 aromatic rings. The number of carbonyl (C=O) groups excluding carboxylic acids is 2. The summed E-state index contributed by atoms with van der Waals surface area (Å²) in [5.41, 5.74) is -0.524. The van der Waals surface area contributed by atoms with E-state index in [4.69, 9.17) is 4.42 Å². The molecule has 7 nitrogen and oxygen atoms in total. The van der Waals surface area contributed by atoms with Crippen LogP contribution in [-0.4, -0.2) is 59.3 Å². The number of para-hydroxylation sites is 1. The number of halogens is 3. The van der Waals surface area contributed by atoms with Crippen LogP contribution < -0.4 is 5.32 Å². The highest BCUT2D eigenvalue weighted by atomic mass is 32.1. The second-order valence-electron chi connectivity index (χ2n) is 8.00. The van der Waals surface area contributed by atoms with Gasteiger partial charge in [-0.25, -0.2) is 4.98 Å². The number of nitrogens with zero attached hydrogens (tertiary/aromatic N) is 3. The first kappa shape index (κ1) is 24.0. The Morgan fingerprint density at radius 3 is 2.44 bits per heavy atom. The van der Waals surface area contributed by atoms with Crippen molar-refractivity contribution < 1.29 is 27.2 Å². The van der Waals surface area contributed by atoms with E-state index in [0.717, 1.165) is 11.8 Å². The lowest BCUT2D eigenvalue weighted by Gasteiger charge is -2.34. The van der Waals surface area contributed by atoms with Crippen LogP contribution in [0.1, 0.15) is 26.7 Å². The third-order valence-corrected chi connectivity index (χ3v) is 6.64. The highest BCUT2D eigenvalue weighted by Crippen LogP contribution is 2.34. The topological polar surface area (TPSA) is 78.7 Å². The van der Waals surface area contributed by atoms with Gasteiger partial charge in [0.25, 0.3) is 5.91 Å². The molecule has 0 bridgehead atoms. The van der Waals surface area contributed by atoms with Gasteiger partial charge in [-0.1, -0.05) is 12.1 Å². The molecule has 1 saturated heterocycles. The number of carbonyl (C=O) groups is 2. The number of aromatic nitrogens is 1. The summed E-state index contributed by atoms with van der Waals surface area (Å²) in [6, 6.07) is 8.53. The number of rotatable bonds is 5. The number of benzene rings is 1. The molecule has 0 spiro atoms. The zero-order valence-corrected chi connectivity index (χ0v) is 19.4. The van der Waals surface area contributed by atoms with Crippen molar-refractivity contribution in [3.63, 3.8) is 0 Å². The van der Waals surface area contributed by atoms with Gasteiger partial charge < -0.3 is 14.6 Å². The predicted octanol–water partition coefficient (Wildman–Crippen LogP) is 4.44. The fourth-order valence-electron chi connectivity index (χ4n) is 3.73. The monoisotopic (exact) mass is 492 g/mol. The van der Waals surface area contributed by atoms with E-state index in [9.17, 15) is 22.8 Å². The maximum absolute atomic E-state index is 13.1. The van der Waals surface area contributed by atoms with Crippen LogP contribution >= 0.6 is 11.3 Å². The normalized spacial score (nSPS) is 14.9.